The van der Waals surface area contributed by atoms with Crippen molar-refractivity contribution in [1.82, 2.24) is 20.2 Å². The fourth-order valence-corrected chi connectivity index (χ4v) is 4.14. The molecule has 1 saturated heterocycles. The topological polar surface area (TPSA) is 75.2 Å². The normalized spacial score (nSPS) is 16.1. The van der Waals surface area contributed by atoms with E-state index in [4.69, 9.17) is 0 Å². The molecule has 1 aliphatic heterocycles. The van der Waals surface area contributed by atoms with Gasteiger partial charge < -0.3 is 10.2 Å². The van der Waals surface area contributed by atoms with Crippen molar-refractivity contribution >= 4 is 23.2 Å². The molecule has 0 spiro atoms. The highest BCUT2D eigenvalue weighted by molar-refractivity contribution is 7.13. The van der Waals surface area contributed by atoms with Crippen molar-refractivity contribution in [1.29, 1.82) is 0 Å². The van der Waals surface area contributed by atoms with Crippen LogP contribution in [0.1, 0.15) is 29.0 Å². The number of pyridine rings is 1. The summed E-state index contributed by atoms with van der Waals surface area (Å²) in [7, 11) is 0. The third-order valence-corrected chi connectivity index (χ3v) is 5.66. The Kier molecular flexibility index (Phi) is 5.43. The van der Waals surface area contributed by atoms with Crippen LogP contribution in [-0.2, 0) is 11.3 Å². The summed E-state index contributed by atoms with van der Waals surface area (Å²) in [6, 6.07) is 14.7. The summed E-state index contributed by atoms with van der Waals surface area (Å²) in [5.41, 5.74) is 2.25. The lowest BCUT2D eigenvalue weighted by atomic mass is 10.2. The van der Waals surface area contributed by atoms with Gasteiger partial charge >= 0.3 is 0 Å². The van der Waals surface area contributed by atoms with Gasteiger partial charge in [0.2, 0.25) is 5.91 Å². The molecule has 2 aromatic heterocycles. The van der Waals surface area contributed by atoms with E-state index in [9.17, 15) is 9.59 Å². The molecule has 1 aromatic carbocycles. The van der Waals surface area contributed by atoms with E-state index in [0.717, 1.165) is 22.7 Å². The molecule has 3 heterocycles. The van der Waals surface area contributed by atoms with Crippen molar-refractivity contribution in [2.75, 3.05) is 6.54 Å². The van der Waals surface area contributed by atoms with E-state index < -0.39 is 6.04 Å². The lowest BCUT2D eigenvalue weighted by molar-refractivity contribution is -0.125. The fourth-order valence-electron chi connectivity index (χ4n) is 3.32. The van der Waals surface area contributed by atoms with E-state index in [-0.39, 0.29) is 11.8 Å². The second kappa shape index (κ2) is 8.31. The van der Waals surface area contributed by atoms with E-state index in [2.05, 4.69) is 15.3 Å². The number of hydrogen-bond acceptors (Lipinski definition) is 5. The molecular formula is C21H20N4O2S. The molecule has 2 amide bonds. The number of thiazole rings is 1. The molecule has 0 bridgehead atoms. The fraction of sp³-hybridized carbons (Fsp3) is 0.238. The zero-order chi connectivity index (χ0) is 19.3. The molecule has 7 heteroatoms. The number of carbonyl (C=O) groups is 2. The molecule has 0 saturated carbocycles. The van der Waals surface area contributed by atoms with Gasteiger partial charge in [-0.3, -0.25) is 14.6 Å². The van der Waals surface area contributed by atoms with Crippen LogP contribution >= 0.6 is 11.3 Å². The average Bonchev–Trinajstić information content (AvgIpc) is 3.43. The SMILES string of the molecule is O=C(NCc1csc(-c2ccccc2)n1)C1CCCN1C(=O)c1ccccn1. The quantitative estimate of drug-likeness (QED) is 0.724. The Balaban J connectivity index is 1.38. The summed E-state index contributed by atoms with van der Waals surface area (Å²) in [6.07, 6.45) is 3.06. The first-order valence-electron chi connectivity index (χ1n) is 9.22. The van der Waals surface area contributed by atoms with Gasteiger partial charge in [-0.2, -0.15) is 0 Å². The summed E-state index contributed by atoms with van der Waals surface area (Å²) in [6.45, 7) is 0.923. The van der Waals surface area contributed by atoms with Crippen molar-refractivity contribution in [3.8, 4) is 10.6 Å². The van der Waals surface area contributed by atoms with Crippen molar-refractivity contribution in [3.05, 3.63) is 71.5 Å². The van der Waals surface area contributed by atoms with Crippen LogP contribution in [0.2, 0.25) is 0 Å². The number of benzene rings is 1. The Hall–Kier alpha value is -3.06. The van der Waals surface area contributed by atoms with Gasteiger partial charge in [0.25, 0.3) is 5.91 Å². The maximum atomic E-state index is 12.7. The summed E-state index contributed by atoms with van der Waals surface area (Å²) in [5.74, 6) is -0.339. The first kappa shape index (κ1) is 18.3. The maximum Gasteiger partial charge on any atom is 0.273 e. The van der Waals surface area contributed by atoms with Crippen LogP contribution in [0.5, 0.6) is 0 Å². The average molecular weight is 392 g/mol. The van der Waals surface area contributed by atoms with Crippen molar-refractivity contribution in [3.63, 3.8) is 0 Å². The Bertz CT molecular complexity index is 959. The molecule has 142 valence electrons. The molecule has 1 aliphatic rings. The van der Waals surface area contributed by atoms with E-state index in [1.54, 1.807) is 40.6 Å². The van der Waals surface area contributed by atoms with Crippen LogP contribution in [-0.4, -0.2) is 39.3 Å². The molecule has 0 radical (unpaired) electrons. The largest absolute Gasteiger partial charge is 0.349 e. The van der Waals surface area contributed by atoms with Crippen LogP contribution in [0.4, 0.5) is 0 Å². The zero-order valence-electron chi connectivity index (χ0n) is 15.2. The molecule has 1 atom stereocenters. The van der Waals surface area contributed by atoms with E-state index >= 15 is 0 Å². The molecule has 1 fully saturated rings. The van der Waals surface area contributed by atoms with E-state index in [1.165, 1.54) is 0 Å². The lowest BCUT2D eigenvalue weighted by Gasteiger charge is -2.23. The Morgan fingerprint density at radius 1 is 1.14 bits per heavy atom. The van der Waals surface area contributed by atoms with Crippen LogP contribution in [0, 0.1) is 0 Å². The molecule has 4 rings (SSSR count). The number of amides is 2. The number of likely N-dealkylation sites (tertiary alicyclic amines) is 1. The van der Waals surface area contributed by atoms with Gasteiger partial charge in [0, 0.05) is 23.7 Å². The molecule has 6 nitrogen and oxygen atoms in total. The van der Waals surface area contributed by atoms with E-state index in [1.807, 2.05) is 35.7 Å². The minimum atomic E-state index is -0.457. The van der Waals surface area contributed by atoms with Gasteiger partial charge in [0.1, 0.15) is 16.7 Å². The van der Waals surface area contributed by atoms with Crippen molar-refractivity contribution in [2.45, 2.75) is 25.4 Å². The highest BCUT2D eigenvalue weighted by atomic mass is 32.1. The minimum absolute atomic E-state index is 0.143. The summed E-state index contributed by atoms with van der Waals surface area (Å²) in [5, 5.41) is 5.81. The minimum Gasteiger partial charge on any atom is -0.349 e. The zero-order valence-corrected chi connectivity index (χ0v) is 16.1. The van der Waals surface area contributed by atoms with Gasteiger partial charge in [-0.15, -0.1) is 11.3 Å². The first-order valence-corrected chi connectivity index (χ1v) is 10.1. The summed E-state index contributed by atoms with van der Waals surface area (Å²) in [4.78, 5) is 35.7. The smallest absolute Gasteiger partial charge is 0.273 e. The molecular weight excluding hydrogens is 372 g/mol. The molecule has 28 heavy (non-hydrogen) atoms. The Morgan fingerprint density at radius 2 is 1.96 bits per heavy atom. The first-order chi connectivity index (χ1) is 13.7. The monoisotopic (exact) mass is 392 g/mol. The second-order valence-electron chi connectivity index (χ2n) is 6.60. The second-order valence-corrected chi connectivity index (χ2v) is 7.46. The molecule has 1 unspecified atom stereocenters. The maximum absolute atomic E-state index is 12.7. The number of nitrogens with zero attached hydrogens (tertiary/aromatic N) is 3. The predicted octanol–water partition coefficient (Wildman–Crippen LogP) is 3.13. The van der Waals surface area contributed by atoms with Crippen LogP contribution in [0.15, 0.2) is 60.1 Å². The van der Waals surface area contributed by atoms with Gasteiger partial charge in [-0.05, 0) is 25.0 Å². The number of nitrogens with one attached hydrogen (secondary N) is 1. The number of aromatic nitrogens is 2. The van der Waals surface area contributed by atoms with Gasteiger partial charge in [-0.25, -0.2) is 4.98 Å². The van der Waals surface area contributed by atoms with Gasteiger partial charge in [0.15, 0.2) is 0 Å². The number of hydrogen-bond donors (Lipinski definition) is 1. The van der Waals surface area contributed by atoms with Crippen molar-refractivity contribution < 1.29 is 9.59 Å². The molecule has 3 aromatic rings. The summed E-state index contributed by atoms with van der Waals surface area (Å²) < 4.78 is 0. The predicted molar refractivity (Wildman–Crippen MR) is 108 cm³/mol. The Morgan fingerprint density at radius 3 is 2.75 bits per heavy atom. The Labute approximate surface area is 167 Å². The third-order valence-electron chi connectivity index (χ3n) is 4.72. The van der Waals surface area contributed by atoms with Crippen LogP contribution < -0.4 is 5.32 Å². The lowest BCUT2D eigenvalue weighted by Crippen LogP contribution is -2.46. The highest BCUT2D eigenvalue weighted by Gasteiger charge is 2.34. The van der Waals surface area contributed by atoms with Crippen molar-refractivity contribution in [2.24, 2.45) is 0 Å². The summed E-state index contributed by atoms with van der Waals surface area (Å²) >= 11 is 1.55. The standard InChI is InChI=1S/C21H20N4O2S/c26-19(18-10-6-12-25(18)21(27)17-9-4-5-11-22-17)23-13-16-14-28-20(24-16)15-7-2-1-3-8-15/h1-5,7-9,11,14,18H,6,10,12-13H2,(H,23,26). The van der Waals surface area contributed by atoms with Gasteiger partial charge in [-0.1, -0.05) is 36.4 Å². The number of rotatable bonds is 5. The van der Waals surface area contributed by atoms with Crippen LogP contribution in [0.25, 0.3) is 10.6 Å². The van der Waals surface area contributed by atoms with E-state index in [0.29, 0.717) is 25.2 Å². The molecule has 1 N–H and O–H groups in total. The highest BCUT2D eigenvalue weighted by Crippen LogP contribution is 2.23. The van der Waals surface area contributed by atoms with Gasteiger partial charge in [0.05, 0.1) is 12.2 Å². The third kappa shape index (κ3) is 3.94. The molecule has 0 aliphatic carbocycles. The number of carbonyl (C=O) groups excluding carboxylic acids is 2. The van der Waals surface area contributed by atoms with Crippen LogP contribution in [0.3, 0.4) is 0 Å².